The average Bonchev–Trinajstić information content (AvgIpc) is 2.94. The molecular formula is C20H32N5O4+. The lowest BCUT2D eigenvalue weighted by Gasteiger charge is -2.32. The Balaban J connectivity index is 2.15. The minimum atomic E-state index is -0.547. The predicted octanol–water partition coefficient (Wildman–Crippen LogP) is -0.759. The second-order valence-electron chi connectivity index (χ2n) is 9.26. The van der Waals surface area contributed by atoms with Crippen LogP contribution in [-0.4, -0.2) is 49.8 Å². The molecule has 2 aromatic heterocycles. The number of rotatable bonds is 4. The van der Waals surface area contributed by atoms with Gasteiger partial charge in [0.1, 0.15) is 31.8 Å². The monoisotopic (exact) mass is 406 g/mol. The summed E-state index contributed by atoms with van der Waals surface area (Å²) in [5, 5.41) is 0. The van der Waals surface area contributed by atoms with E-state index in [9.17, 15) is 14.4 Å². The highest BCUT2D eigenvalue weighted by Crippen LogP contribution is 2.19. The third kappa shape index (κ3) is 4.06. The van der Waals surface area contributed by atoms with Crippen LogP contribution >= 0.6 is 0 Å². The van der Waals surface area contributed by atoms with Crippen LogP contribution in [0.2, 0.25) is 0 Å². The topological polar surface area (TPSA) is 92.6 Å². The van der Waals surface area contributed by atoms with Crippen LogP contribution in [0.25, 0.3) is 11.2 Å². The Morgan fingerprint density at radius 1 is 1.14 bits per heavy atom. The lowest BCUT2D eigenvalue weighted by Crippen LogP contribution is -3.14. The number of morpholine rings is 1. The average molecular weight is 407 g/mol. The summed E-state index contributed by atoms with van der Waals surface area (Å²) in [5.41, 5.74) is -0.780. The lowest BCUT2D eigenvalue weighted by atomic mass is 9.91. The fourth-order valence-corrected chi connectivity index (χ4v) is 3.93. The maximum absolute atomic E-state index is 12.9. The summed E-state index contributed by atoms with van der Waals surface area (Å²) in [7, 11) is 3.05. The molecular weight excluding hydrogens is 374 g/mol. The molecule has 29 heavy (non-hydrogen) atoms. The van der Waals surface area contributed by atoms with E-state index in [1.807, 2.05) is 34.6 Å². The van der Waals surface area contributed by atoms with Crippen LogP contribution in [-0.2, 0) is 36.7 Å². The number of hydrogen-bond donors (Lipinski definition) is 1. The number of quaternary nitrogens is 1. The van der Waals surface area contributed by atoms with Crippen LogP contribution < -0.4 is 16.1 Å². The zero-order valence-electron chi connectivity index (χ0n) is 18.4. The molecule has 9 nitrogen and oxygen atoms in total. The molecule has 0 saturated carbocycles. The molecule has 0 aromatic carbocycles. The first kappa shape index (κ1) is 21.4. The Labute approximate surface area is 169 Å². The summed E-state index contributed by atoms with van der Waals surface area (Å²) in [6.45, 7) is 11.9. The molecule has 0 amide bonds. The highest BCUT2D eigenvalue weighted by molar-refractivity contribution is 5.85. The quantitative estimate of drug-likeness (QED) is 0.721. The number of nitrogens with one attached hydrogen (secondary N) is 1. The van der Waals surface area contributed by atoms with Gasteiger partial charge in [0.15, 0.2) is 22.8 Å². The smallest absolute Gasteiger partial charge is 0.332 e. The Morgan fingerprint density at radius 2 is 1.72 bits per heavy atom. The summed E-state index contributed by atoms with van der Waals surface area (Å²) in [6.07, 6.45) is 0.250. The van der Waals surface area contributed by atoms with E-state index < -0.39 is 16.7 Å². The molecule has 0 bridgehead atoms. The van der Waals surface area contributed by atoms with Gasteiger partial charge in [0.2, 0.25) is 0 Å². The van der Waals surface area contributed by atoms with E-state index >= 15 is 0 Å². The number of fused-ring (bicyclic) bond motifs is 1. The van der Waals surface area contributed by atoms with Gasteiger partial charge in [0.25, 0.3) is 5.56 Å². The maximum Gasteiger partial charge on any atom is 0.332 e. The van der Waals surface area contributed by atoms with E-state index in [-0.39, 0.29) is 24.5 Å². The second-order valence-corrected chi connectivity index (χ2v) is 9.26. The molecule has 1 N–H and O–H groups in total. The van der Waals surface area contributed by atoms with E-state index in [0.29, 0.717) is 23.5 Å². The number of hydrogen-bond acceptors (Lipinski definition) is 5. The summed E-state index contributed by atoms with van der Waals surface area (Å²) in [6, 6.07) is 0. The predicted molar refractivity (Wildman–Crippen MR) is 109 cm³/mol. The van der Waals surface area contributed by atoms with Crippen LogP contribution in [0.1, 0.15) is 40.4 Å². The molecule has 0 aliphatic carbocycles. The molecule has 9 heteroatoms. The van der Waals surface area contributed by atoms with Gasteiger partial charge in [-0.2, -0.15) is 0 Å². The number of imidazole rings is 1. The van der Waals surface area contributed by atoms with Crippen molar-refractivity contribution in [1.29, 1.82) is 0 Å². The summed E-state index contributed by atoms with van der Waals surface area (Å²) in [4.78, 5) is 44.0. The van der Waals surface area contributed by atoms with Crippen molar-refractivity contribution in [2.75, 3.05) is 13.1 Å². The normalized spacial score (nSPS) is 22.9. The molecule has 1 unspecified atom stereocenters. The van der Waals surface area contributed by atoms with Gasteiger partial charge >= 0.3 is 5.69 Å². The van der Waals surface area contributed by atoms with Gasteiger partial charge in [0, 0.05) is 19.5 Å². The Hall–Kier alpha value is -2.26. The molecule has 1 aliphatic rings. The highest BCUT2D eigenvalue weighted by atomic mass is 16.5. The van der Waals surface area contributed by atoms with Gasteiger partial charge < -0.3 is 14.2 Å². The van der Waals surface area contributed by atoms with Crippen molar-refractivity contribution < 1.29 is 14.4 Å². The van der Waals surface area contributed by atoms with Crippen molar-refractivity contribution in [2.45, 2.75) is 59.9 Å². The third-order valence-electron chi connectivity index (χ3n) is 5.59. The zero-order chi connectivity index (χ0) is 21.7. The third-order valence-corrected chi connectivity index (χ3v) is 5.59. The molecule has 1 aliphatic heterocycles. The van der Waals surface area contributed by atoms with Crippen LogP contribution in [0, 0.1) is 5.41 Å². The summed E-state index contributed by atoms with van der Waals surface area (Å²) < 4.78 is 9.97. The molecule has 1 saturated heterocycles. The van der Waals surface area contributed by atoms with Crippen LogP contribution in [0.3, 0.4) is 0 Å². The fraction of sp³-hybridized carbons (Fsp3) is 0.700. The Kier molecular flexibility index (Phi) is 5.57. The summed E-state index contributed by atoms with van der Waals surface area (Å²) >= 11 is 0. The van der Waals surface area contributed by atoms with Crippen LogP contribution in [0.4, 0.5) is 0 Å². The SMILES string of the molecule is C[C@@H]1C[NH+](Cc2nc3c(c(=O)n(C)c(=O)n3C)n2CC(=O)C(C)(C)C)C[C@H](C)O1. The van der Waals surface area contributed by atoms with Crippen molar-refractivity contribution in [1.82, 2.24) is 18.7 Å². The van der Waals surface area contributed by atoms with Crippen molar-refractivity contribution in [2.24, 2.45) is 19.5 Å². The molecule has 3 rings (SSSR count). The Morgan fingerprint density at radius 3 is 2.28 bits per heavy atom. The first-order valence-corrected chi connectivity index (χ1v) is 10.1. The number of carbonyl (C=O) groups excluding carboxylic acids is 1. The van der Waals surface area contributed by atoms with Crippen molar-refractivity contribution >= 4 is 16.9 Å². The van der Waals surface area contributed by atoms with Gasteiger partial charge in [-0.25, -0.2) is 9.78 Å². The van der Waals surface area contributed by atoms with E-state index in [0.717, 1.165) is 17.7 Å². The number of nitrogens with zero attached hydrogens (tertiary/aromatic N) is 4. The van der Waals surface area contributed by atoms with Gasteiger partial charge in [-0.15, -0.1) is 0 Å². The largest absolute Gasteiger partial charge is 0.364 e. The molecule has 0 spiro atoms. The lowest BCUT2D eigenvalue weighted by molar-refractivity contribution is -0.929. The fourth-order valence-electron chi connectivity index (χ4n) is 3.93. The van der Waals surface area contributed by atoms with Gasteiger partial charge in [-0.3, -0.25) is 18.7 Å². The zero-order valence-corrected chi connectivity index (χ0v) is 18.4. The minimum Gasteiger partial charge on any atom is -0.364 e. The Bertz CT molecular complexity index is 1050. The molecule has 160 valence electrons. The van der Waals surface area contributed by atoms with E-state index in [1.165, 1.54) is 16.5 Å². The number of aromatic nitrogens is 4. The number of carbonyl (C=O) groups is 1. The maximum atomic E-state index is 12.9. The number of aryl methyl sites for hydroxylation is 1. The van der Waals surface area contributed by atoms with E-state index in [2.05, 4.69) is 4.98 Å². The van der Waals surface area contributed by atoms with Crippen LogP contribution in [0.15, 0.2) is 9.59 Å². The van der Waals surface area contributed by atoms with Crippen molar-refractivity contribution in [3.8, 4) is 0 Å². The van der Waals surface area contributed by atoms with E-state index in [4.69, 9.17) is 4.74 Å². The van der Waals surface area contributed by atoms with Crippen molar-refractivity contribution in [3.63, 3.8) is 0 Å². The first-order valence-electron chi connectivity index (χ1n) is 10.1. The first-order chi connectivity index (χ1) is 13.4. The number of ketones is 1. The molecule has 3 atom stereocenters. The highest BCUT2D eigenvalue weighted by Gasteiger charge is 2.30. The van der Waals surface area contributed by atoms with Gasteiger partial charge in [-0.05, 0) is 13.8 Å². The standard InChI is InChI=1S/C20H31N5O4/c1-12-8-24(9-13(2)29-12)11-15-21-17-16(18(27)23(7)19(28)22(17)6)25(15)10-14(26)20(3,4)5/h12-13H,8-11H2,1-7H3/p+1/t12-,13+. The number of Topliss-reactive ketones (excluding diaryl/α,β-unsaturated/α-hetero) is 1. The van der Waals surface area contributed by atoms with Gasteiger partial charge in [0.05, 0.1) is 6.54 Å². The van der Waals surface area contributed by atoms with Crippen molar-refractivity contribution in [3.05, 3.63) is 26.7 Å². The molecule has 2 aromatic rings. The summed E-state index contributed by atoms with van der Waals surface area (Å²) in [5.74, 6) is 0.653. The van der Waals surface area contributed by atoms with E-state index in [1.54, 1.807) is 11.6 Å². The second kappa shape index (κ2) is 7.53. The van der Waals surface area contributed by atoms with Crippen LogP contribution in [0.5, 0.6) is 0 Å². The molecule has 3 heterocycles. The number of ether oxygens (including phenoxy) is 1. The minimum absolute atomic E-state index is 0.00710. The molecule has 0 radical (unpaired) electrons. The van der Waals surface area contributed by atoms with Gasteiger partial charge in [-0.1, -0.05) is 20.8 Å². The molecule has 1 fully saturated rings.